The fraction of sp³-hybridized carbons (Fsp3) is 0.963. The lowest BCUT2D eigenvalue weighted by molar-refractivity contribution is -0.130. The zero-order valence-electron chi connectivity index (χ0n) is 20.8. The molecular formula is C27H50O3. The topological polar surface area (TPSA) is 35.5 Å². The minimum atomic E-state index is 0.330. The van der Waals surface area contributed by atoms with E-state index in [9.17, 15) is 4.79 Å². The van der Waals surface area contributed by atoms with Crippen molar-refractivity contribution in [3.05, 3.63) is 0 Å². The van der Waals surface area contributed by atoms with Gasteiger partial charge in [-0.2, -0.15) is 0 Å². The Morgan fingerprint density at radius 2 is 1.53 bits per heavy atom. The molecule has 176 valence electrons. The monoisotopic (exact) mass is 422 g/mol. The molecule has 2 heterocycles. The molecule has 0 aromatic heterocycles. The van der Waals surface area contributed by atoms with Crippen molar-refractivity contribution in [2.75, 3.05) is 26.4 Å². The number of carbonyl (C=O) groups excluding carboxylic acids is 1. The predicted octanol–water partition coefficient (Wildman–Crippen LogP) is 7.22. The van der Waals surface area contributed by atoms with Crippen LogP contribution in [-0.4, -0.2) is 32.2 Å². The summed E-state index contributed by atoms with van der Waals surface area (Å²) in [6.45, 7) is 15.9. The molecule has 4 fully saturated rings. The standard InChI is InChI=1S/C19H34O.2C4H8O/c1-14(8-6-12-18(2,3)4)15-10-11-16-17(20)9-7-13-19(15,16)5;2*1-2-4-5-3-1/h14-16H,6-13H2,1-5H3;2*1-4H2/t14-,15?,16?,19-;;/m1../s1. The van der Waals surface area contributed by atoms with E-state index in [0.717, 1.165) is 51.1 Å². The quantitative estimate of drug-likeness (QED) is 0.480. The molecule has 2 unspecified atom stereocenters. The second-order valence-corrected chi connectivity index (χ2v) is 11.6. The first-order valence-corrected chi connectivity index (χ1v) is 12.9. The summed E-state index contributed by atoms with van der Waals surface area (Å²) >= 11 is 0. The summed E-state index contributed by atoms with van der Waals surface area (Å²) in [5, 5.41) is 0. The normalized spacial score (nSPS) is 32.0. The Morgan fingerprint density at radius 3 is 2.00 bits per heavy atom. The van der Waals surface area contributed by atoms with Gasteiger partial charge in [-0.3, -0.25) is 4.79 Å². The molecule has 2 aliphatic carbocycles. The van der Waals surface area contributed by atoms with Crippen LogP contribution in [0.5, 0.6) is 0 Å². The molecule has 3 nitrogen and oxygen atoms in total. The van der Waals surface area contributed by atoms with Gasteiger partial charge < -0.3 is 9.47 Å². The van der Waals surface area contributed by atoms with Crippen molar-refractivity contribution in [1.82, 2.24) is 0 Å². The molecule has 0 spiro atoms. The van der Waals surface area contributed by atoms with Crippen LogP contribution in [0.3, 0.4) is 0 Å². The number of rotatable bonds is 4. The average molecular weight is 423 g/mol. The molecule has 0 aromatic rings. The van der Waals surface area contributed by atoms with Gasteiger partial charge in [0.1, 0.15) is 5.78 Å². The fourth-order valence-electron chi connectivity index (χ4n) is 6.08. The van der Waals surface area contributed by atoms with E-state index in [-0.39, 0.29) is 0 Å². The maximum atomic E-state index is 12.2. The van der Waals surface area contributed by atoms with Gasteiger partial charge in [0.25, 0.3) is 0 Å². The Labute approximate surface area is 187 Å². The highest BCUT2D eigenvalue weighted by Gasteiger charge is 2.52. The molecule has 4 aliphatic rings. The third-order valence-electron chi connectivity index (χ3n) is 7.86. The highest BCUT2D eigenvalue weighted by atomic mass is 16.5. The largest absolute Gasteiger partial charge is 0.381 e. The maximum Gasteiger partial charge on any atom is 0.136 e. The molecule has 0 bridgehead atoms. The second-order valence-electron chi connectivity index (χ2n) is 11.6. The fourth-order valence-corrected chi connectivity index (χ4v) is 6.08. The highest BCUT2D eigenvalue weighted by molar-refractivity contribution is 5.83. The van der Waals surface area contributed by atoms with Gasteiger partial charge in [0, 0.05) is 38.8 Å². The van der Waals surface area contributed by atoms with Crippen LogP contribution < -0.4 is 0 Å². The minimum Gasteiger partial charge on any atom is -0.381 e. The van der Waals surface area contributed by atoms with E-state index < -0.39 is 0 Å². The molecule has 2 saturated carbocycles. The first kappa shape index (κ1) is 25.8. The van der Waals surface area contributed by atoms with Crippen LogP contribution in [0, 0.1) is 28.6 Å². The Hall–Kier alpha value is -0.410. The maximum absolute atomic E-state index is 12.2. The lowest BCUT2D eigenvalue weighted by Crippen LogP contribution is -2.39. The molecule has 4 rings (SSSR count). The number of ketones is 1. The van der Waals surface area contributed by atoms with E-state index in [1.54, 1.807) is 0 Å². The van der Waals surface area contributed by atoms with Crippen molar-refractivity contribution in [2.45, 2.75) is 112 Å². The highest BCUT2D eigenvalue weighted by Crippen LogP contribution is 2.57. The van der Waals surface area contributed by atoms with Crippen molar-refractivity contribution < 1.29 is 14.3 Å². The van der Waals surface area contributed by atoms with Gasteiger partial charge in [-0.15, -0.1) is 0 Å². The summed E-state index contributed by atoms with van der Waals surface area (Å²) in [6, 6.07) is 0. The van der Waals surface area contributed by atoms with Crippen molar-refractivity contribution >= 4 is 5.78 Å². The lowest BCUT2D eigenvalue weighted by Gasteiger charge is -2.42. The first-order chi connectivity index (χ1) is 14.2. The Morgan fingerprint density at radius 1 is 0.967 bits per heavy atom. The van der Waals surface area contributed by atoms with E-state index in [1.807, 2.05) is 0 Å². The molecule has 0 radical (unpaired) electrons. The molecule has 2 aliphatic heterocycles. The summed E-state index contributed by atoms with van der Waals surface area (Å²) in [5.74, 6) is 2.55. The van der Waals surface area contributed by atoms with Gasteiger partial charge in [-0.05, 0) is 80.5 Å². The van der Waals surface area contributed by atoms with E-state index in [2.05, 4.69) is 34.6 Å². The van der Waals surface area contributed by atoms with Crippen molar-refractivity contribution in [3.8, 4) is 0 Å². The Bertz CT molecular complexity index is 462. The number of hydrogen-bond acceptors (Lipinski definition) is 3. The smallest absolute Gasteiger partial charge is 0.136 e. The zero-order chi connectivity index (χ0) is 22.0. The molecule has 30 heavy (non-hydrogen) atoms. The van der Waals surface area contributed by atoms with Crippen LogP contribution in [-0.2, 0) is 14.3 Å². The van der Waals surface area contributed by atoms with Gasteiger partial charge >= 0.3 is 0 Å². The van der Waals surface area contributed by atoms with E-state index in [1.165, 1.54) is 64.2 Å². The molecule has 2 saturated heterocycles. The Kier molecular flexibility index (Phi) is 10.8. The number of hydrogen-bond donors (Lipinski definition) is 0. The number of fused-ring (bicyclic) bond motifs is 1. The number of Topliss-reactive ketones (excluding diaryl/α,β-unsaturated/α-hetero) is 1. The third kappa shape index (κ3) is 8.26. The molecule has 0 N–H and O–H groups in total. The third-order valence-corrected chi connectivity index (χ3v) is 7.86. The van der Waals surface area contributed by atoms with Gasteiger partial charge in [0.05, 0.1) is 0 Å². The van der Waals surface area contributed by atoms with Crippen molar-refractivity contribution in [2.24, 2.45) is 28.6 Å². The number of carbonyl (C=O) groups is 1. The molecular weight excluding hydrogens is 372 g/mol. The second kappa shape index (κ2) is 12.6. The number of ether oxygens (including phenoxy) is 2. The summed E-state index contributed by atoms with van der Waals surface area (Å²) < 4.78 is 9.89. The first-order valence-electron chi connectivity index (χ1n) is 12.9. The van der Waals surface area contributed by atoms with Crippen LogP contribution >= 0.6 is 0 Å². The predicted molar refractivity (Wildman–Crippen MR) is 126 cm³/mol. The van der Waals surface area contributed by atoms with E-state index in [4.69, 9.17) is 9.47 Å². The van der Waals surface area contributed by atoms with Crippen LogP contribution in [0.4, 0.5) is 0 Å². The van der Waals surface area contributed by atoms with Crippen molar-refractivity contribution in [3.63, 3.8) is 0 Å². The van der Waals surface area contributed by atoms with Gasteiger partial charge in [0.2, 0.25) is 0 Å². The van der Waals surface area contributed by atoms with E-state index in [0.29, 0.717) is 22.5 Å². The van der Waals surface area contributed by atoms with Crippen LogP contribution in [0.1, 0.15) is 112 Å². The molecule has 0 amide bonds. The Balaban J connectivity index is 0.000000258. The molecule has 4 atom stereocenters. The summed E-state index contributed by atoms with van der Waals surface area (Å²) in [4.78, 5) is 12.2. The summed E-state index contributed by atoms with van der Waals surface area (Å²) in [7, 11) is 0. The SMILES string of the molecule is C1CCOC1.C1CCOC1.C[C@H](CCCC(C)(C)C)C1CCC2C(=O)CCC[C@@]21C. The molecule has 0 aromatic carbocycles. The average Bonchev–Trinajstić information content (AvgIpc) is 3.44. The van der Waals surface area contributed by atoms with Crippen LogP contribution in [0.15, 0.2) is 0 Å². The van der Waals surface area contributed by atoms with Crippen LogP contribution in [0.25, 0.3) is 0 Å². The summed E-state index contributed by atoms with van der Waals surface area (Å²) in [6.07, 6.45) is 14.9. The summed E-state index contributed by atoms with van der Waals surface area (Å²) in [5.41, 5.74) is 0.791. The van der Waals surface area contributed by atoms with Gasteiger partial charge in [0.15, 0.2) is 0 Å². The molecule has 3 heteroatoms. The van der Waals surface area contributed by atoms with Crippen molar-refractivity contribution in [1.29, 1.82) is 0 Å². The zero-order valence-corrected chi connectivity index (χ0v) is 20.8. The minimum absolute atomic E-state index is 0.330. The van der Waals surface area contributed by atoms with Gasteiger partial charge in [-0.25, -0.2) is 0 Å². The lowest BCUT2D eigenvalue weighted by atomic mass is 9.62. The van der Waals surface area contributed by atoms with Crippen LogP contribution in [0.2, 0.25) is 0 Å². The van der Waals surface area contributed by atoms with E-state index >= 15 is 0 Å². The van der Waals surface area contributed by atoms with Gasteiger partial charge in [-0.1, -0.05) is 47.5 Å².